The van der Waals surface area contributed by atoms with Gasteiger partial charge in [0.1, 0.15) is 4.21 Å². The first-order valence-corrected chi connectivity index (χ1v) is 8.90. The summed E-state index contributed by atoms with van der Waals surface area (Å²) in [6.45, 7) is 5.07. The summed E-state index contributed by atoms with van der Waals surface area (Å²) in [5, 5.41) is 1.79. The van der Waals surface area contributed by atoms with Crippen LogP contribution < -0.4 is 0 Å². The van der Waals surface area contributed by atoms with E-state index in [1.807, 2.05) is 6.33 Å². The zero-order valence-electron chi connectivity index (χ0n) is 11.5. The Morgan fingerprint density at radius 1 is 1.40 bits per heavy atom. The maximum Gasteiger partial charge on any atom is 0.252 e. The van der Waals surface area contributed by atoms with Gasteiger partial charge in [-0.3, -0.25) is 0 Å². The molecule has 0 saturated carbocycles. The maximum atomic E-state index is 12.6. The molecule has 0 spiro atoms. The minimum absolute atomic E-state index is 0.288. The highest BCUT2D eigenvalue weighted by atomic mass is 32.2. The Morgan fingerprint density at radius 2 is 2.20 bits per heavy atom. The van der Waals surface area contributed by atoms with Crippen molar-refractivity contribution in [2.45, 2.75) is 37.1 Å². The topological polar surface area (TPSA) is 55.2 Å². The smallest absolute Gasteiger partial charge is 0.252 e. The van der Waals surface area contributed by atoms with Crippen molar-refractivity contribution < 1.29 is 8.42 Å². The van der Waals surface area contributed by atoms with Crippen molar-refractivity contribution in [3.8, 4) is 0 Å². The number of hydrogen-bond acceptors (Lipinski definition) is 4. The van der Waals surface area contributed by atoms with Crippen molar-refractivity contribution in [1.82, 2.24) is 13.9 Å². The largest absolute Gasteiger partial charge is 0.331 e. The number of thiophene rings is 1. The van der Waals surface area contributed by atoms with Crippen LogP contribution in [0.3, 0.4) is 0 Å². The highest BCUT2D eigenvalue weighted by Crippen LogP contribution is 2.27. The fraction of sp³-hybridized carbons (Fsp3) is 0.462. The Hall–Kier alpha value is -1.18. The Kier molecular flexibility index (Phi) is 3.43. The lowest BCUT2D eigenvalue weighted by Gasteiger charge is -2.27. The van der Waals surface area contributed by atoms with Crippen LogP contribution in [-0.4, -0.2) is 28.8 Å². The molecule has 20 heavy (non-hydrogen) atoms. The lowest BCUT2D eigenvalue weighted by Crippen LogP contribution is -2.36. The molecule has 0 radical (unpaired) electrons. The second kappa shape index (κ2) is 4.98. The Balaban J connectivity index is 1.94. The number of hydrogen-bond donors (Lipinski definition) is 0. The second-order valence-electron chi connectivity index (χ2n) is 5.16. The molecule has 5 nitrogen and oxygen atoms in total. The minimum atomic E-state index is -3.37. The van der Waals surface area contributed by atoms with E-state index in [1.165, 1.54) is 11.3 Å². The molecule has 0 saturated heterocycles. The van der Waals surface area contributed by atoms with Gasteiger partial charge in [0.2, 0.25) is 0 Å². The number of sulfonamides is 1. The fourth-order valence-corrected chi connectivity index (χ4v) is 5.02. The third kappa shape index (κ3) is 2.19. The first-order valence-electron chi connectivity index (χ1n) is 6.58. The van der Waals surface area contributed by atoms with Gasteiger partial charge in [0.25, 0.3) is 10.0 Å². The van der Waals surface area contributed by atoms with Crippen LogP contribution in [0.15, 0.2) is 28.0 Å². The Morgan fingerprint density at radius 3 is 2.85 bits per heavy atom. The minimum Gasteiger partial charge on any atom is -0.331 e. The second-order valence-corrected chi connectivity index (χ2v) is 8.27. The van der Waals surface area contributed by atoms with E-state index in [2.05, 4.69) is 23.4 Å². The fourth-order valence-electron chi connectivity index (χ4n) is 2.47. The van der Waals surface area contributed by atoms with E-state index >= 15 is 0 Å². The molecule has 3 rings (SSSR count). The molecule has 0 unspecified atom stereocenters. The molecular formula is C13H17N3O2S2. The van der Waals surface area contributed by atoms with E-state index in [-0.39, 0.29) is 6.04 Å². The van der Waals surface area contributed by atoms with Crippen LogP contribution in [-0.2, 0) is 23.0 Å². The molecule has 7 heteroatoms. The van der Waals surface area contributed by atoms with Gasteiger partial charge in [-0.05, 0) is 25.3 Å². The number of nitrogens with zero attached hydrogens (tertiary/aromatic N) is 3. The molecule has 108 valence electrons. The van der Waals surface area contributed by atoms with E-state index < -0.39 is 10.0 Å². The summed E-state index contributed by atoms with van der Waals surface area (Å²) < 4.78 is 29.2. The van der Waals surface area contributed by atoms with Gasteiger partial charge in [0.15, 0.2) is 0 Å². The quantitative estimate of drug-likeness (QED) is 0.874. The normalized spacial score (nSPS) is 16.6. The molecule has 2 aromatic heterocycles. The van der Waals surface area contributed by atoms with Gasteiger partial charge in [0, 0.05) is 19.0 Å². The average Bonchev–Trinajstić information content (AvgIpc) is 3.07. The van der Waals surface area contributed by atoms with Gasteiger partial charge in [0.05, 0.1) is 24.3 Å². The highest BCUT2D eigenvalue weighted by Gasteiger charge is 2.31. The van der Waals surface area contributed by atoms with Crippen LogP contribution in [0, 0.1) is 0 Å². The molecule has 1 aliphatic rings. The number of fused-ring (bicyclic) bond motifs is 1. The summed E-state index contributed by atoms with van der Waals surface area (Å²) in [4.78, 5) is 4.40. The third-order valence-electron chi connectivity index (χ3n) is 3.55. The molecule has 0 fully saturated rings. The first kappa shape index (κ1) is 13.8. The summed E-state index contributed by atoms with van der Waals surface area (Å²) in [6, 6.07) is 3.72. The molecule has 0 aliphatic carbocycles. The maximum absolute atomic E-state index is 12.6. The summed E-state index contributed by atoms with van der Waals surface area (Å²) in [5.41, 5.74) is 2.04. The van der Waals surface area contributed by atoms with Gasteiger partial charge in [-0.25, -0.2) is 13.4 Å². The SMILES string of the molecule is CC(C)n1cnc2c1CN(S(=O)(=O)c1cccs1)CC2. The number of rotatable bonds is 3. The lowest BCUT2D eigenvalue weighted by molar-refractivity contribution is 0.373. The van der Waals surface area contributed by atoms with Crippen molar-refractivity contribution in [2.75, 3.05) is 6.54 Å². The third-order valence-corrected chi connectivity index (χ3v) is 6.77. The molecular weight excluding hydrogens is 294 g/mol. The molecule has 0 bridgehead atoms. The zero-order chi connectivity index (χ0) is 14.3. The Labute approximate surface area is 122 Å². The predicted octanol–water partition coefficient (Wildman–Crippen LogP) is 2.27. The lowest BCUT2D eigenvalue weighted by atomic mass is 10.2. The van der Waals surface area contributed by atoms with Crippen LogP contribution in [0.2, 0.25) is 0 Å². The molecule has 0 atom stereocenters. The van der Waals surface area contributed by atoms with E-state index in [1.54, 1.807) is 21.8 Å². The summed E-state index contributed by atoms with van der Waals surface area (Å²) in [7, 11) is -3.37. The molecule has 0 aromatic carbocycles. The standard InChI is InChI=1S/C13H17N3O2S2/c1-10(2)16-9-14-11-5-6-15(8-12(11)16)20(17,18)13-4-3-7-19-13/h3-4,7,9-10H,5-6,8H2,1-2H3. The predicted molar refractivity (Wildman–Crippen MR) is 78.2 cm³/mol. The molecule has 3 heterocycles. The summed E-state index contributed by atoms with van der Waals surface area (Å²) in [5.74, 6) is 0. The van der Waals surface area contributed by atoms with Crippen molar-refractivity contribution in [3.63, 3.8) is 0 Å². The van der Waals surface area contributed by atoms with Gasteiger partial charge >= 0.3 is 0 Å². The zero-order valence-corrected chi connectivity index (χ0v) is 13.1. The van der Waals surface area contributed by atoms with E-state index in [0.717, 1.165) is 11.4 Å². The molecule has 0 amide bonds. The average molecular weight is 311 g/mol. The van der Waals surface area contributed by atoms with Crippen molar-refractivity contribution in [3.05, 3.63) is 35.2 Å². The van der Waals surface area contributed by atoms with E-state index in [4.69, 9.17) is 0 Å². The van der Waals surface area contributed by atoms with Crippen molar-refractivity contribution >= 4 is 21.4 Å². The monoisotopic (exact) mass is 311 g/mol. The van der Waals surface area contributed by atoms with Crippen LogP contribution in [0.4, 0.5) is 0 Å². The van der Waals surface area contributed by atoms with E-state index in [0.29, 0.717) is 23.7 Å². The summed E-state index contributed by atoms with van der Waals surface area (Å²) >= 11 is 1.27. The first-order chi connectivity index (χ1) is 9.50. The van der Waals surface area contributed by atoms with Gasteiger partial charge < -0.3 is 4.57 Å². The van der Waals surface area contributed by atoms with Gasteiger partial charge in [-0.2, -0.15) is 4.31 Å². The van der Waals surface area contributed by atoms with Crippen molar-refractivity contribution in [1.29, 1.82) is 0 Å². The molecule has 2 aromatic rings. The van der Waals surface area contributed by atoms with Gasteiger partial charge in [-0.15, -0.1) is 11.3 Å². The Bertz CT molecular complexity index is 702. The van der Waals surface area contributed by atoms with Crippen LogP contribution in [0.5, 0.6) is 0 Å². The van der Waals surface area contributed by atoms with Crippen LogP contribution >= 0.6 is 11.3 Å². The number of aromatic nitrogens is 2. The molecule has 0 N–H and O–H groups in total. The summed E-state index contributed by atoms with van der Waals surface area (Å²) in [6.07, 6.45) is 2.50. The molecule has 1 aliphatic heterocycles. The number of imidazole rings is 1. The van der Waals surface area contributed by atoms with Crippen LogP contribution in [0.1, 0.15) is 31.3 Å². The van der Waals surface area contributed by atoms with Crippen LogP contribution in [0.25, 0.3) is 0 Å². The van der Waals surface area contributed by atoms with Gasteiger partial charge in [-0.1, -0.05) is 6.07 Å². The van der Waals surface area contributed by atoms with Crippen molar-refractivity contribution in [2.24, 2.45) is 0 Å². The highest BCUT2D eigenvalue weighted by molar-refractivity contribution is 7.91. The van der Waals surface area contributed by atoms with E-state index in [9.17, 15) is 8.42 Å².